The molecule has 0 spiro atoms. The molecule has 2 unspecified atom stereocenters. The van der Waals surface area contributed by atoms with Gasteiger partial charge in [-0.1, -0.05) is 0 Å². The first-order chi connectivity index (χ1) is 21.6. The van der Waals surface area contributed by atoms with E-state index in [-0.39, 0.29) is 0 Å². The molecule has 0 aromatic heterocycles. The van der Waals surface area contributed by atoms with Crippen molar-refractivity contribution in [2.24, 2.45) is 0 Å². The molecule has 4 aliphatic rings. The van der Waals surface area contributed by atoms with Crippen molar-refractivity contribution in [2.45, 2.75) is 88.6 Å². The standard InChI is InChI=1S/C41H42Si.2CH3.Hf/c1-27-13-9-14-28(2)40(27)36-21-11-17-31-23-34(25-38(31)36)42(5,33-19-7-6-8-20-33)35-24-32-18-12-22-37(39(32)26-35)41-29(3)15-10-16-30(41)4;;;/h9-18,21-26,33H,6-8,19-20H2,1-5H3;2*1H3;. The molecule has 1 saturated heterocycles. The average molecular weight is 771 g/mol. The predicted molar refractivity (Wildman–Crippen MR) is 194 cm³/mol. The third-order valence-electron chi connectivity index (χ3n) is 12.7. The molecule has 1 aliphatic heterocycles. The normalized spacial score (nSPS) is 24.8. The number of benzene rings is 4. The van der Waals surface area contributed by atoms with Crippen LogP contribution in [0.3, 0.4) is 0 Å². The zero-order valence-electron chi connectivity index (χ0n) is 28.4. The van der Waals surface area contributed by atoms with E-state index < -0.39 is 28.0 Å². The van der Waals surface area contributed by atoms with Gasteiger partial charge in [-0.2, -0.15) is 0 Å². The van der Waals surface area contributed by atoms with Gasteiger partial charge in [0.25, 0.3) is 0 Å². The summed E-state index contributed by atoms with van der Waals surface area (Å²) < 4.78 is 7.04. The molecule has 2 atom stereocenters. The fraction of sp³-hybridized carbons (Fsp3) is 0.349. The van der Waals surface area contributed by atoms with Gasteiger partial charge in [-0.15, -0.1) is 0 Å². The summed E-state index contributed by atoms with van der Waals surface area (Å²) >= 11 is -3.10. The third-order valence-corrected chi connectivity index (χ3v) is 35.4. The quantitative estimate of drug-likeness (QED) is 0.182. The number of hydrogen-bond acceptors (Lipinski definition) is 0. The van der Waals surface area contributed by atoms with Crippen molar-refractivity contribution in [1.82, 2.24) is 0 Å². The van der Waals surface area contributed by atoms with Crippen molar-refractivity contribution in [3.05, 3.63) is 128 Å². The first-order valence-corrected chi connectivity index (χ1v) is 31.4. The summed E-state index contributed by atoms with van der Waals surface area (Å²) in [6.07, 6.45) is 12.7. The first-order valence-electron chi connectivity index (χ1n) is 17.5. The molecule has 4 aromatic carbocycles. The Bertz CT molecular complexity index is 1760. The molecular formula is C43H48HfSi. The predicted octanol–water partition coefficient (Wildman–Crippen LogP) is 12.6. The number of hydrogen-bond donors (Lipinski definition) is 0. The van der Waals surface area contributed by atoms with Crippen molar-refractivity contribution in [3.8, 4) is 22.3 Å². The van der Waals surface area contributed by atoms with Gasteiger partial charge >= 0.3 is 279 Å². The van der Waals surface area contributed by atoms with Crippen molar-refractivity contribution < 1.29 is 20.0 Å². The molecular weight excluding hydrogens is 723 g/mol. The van der Waals surface area contributed by atoms with E-state index in [9.17, 15) is 0 Å². The minimum absolute atomic E-state index is 0.687. The van der Waals surface area contributed by atoms with Crippen molar-refractivity contribution >= 4 is 20.2 Å². The van der Waals surface area contributed by atoms with E-state index in [4.69, 9.17) is 0 Å². The average Bonchev–Trinajstić information content (AvgIpc) is 3.63. The molecule has 1 saturated carbocycles. The number of fused-ring (bicyclic) bond motifs is 6. The van der Waals surface area contributed by atoms with Crippen molar-refractivity contribution in [1.29, 1.82) is 0 Å². The molecule has 1 heterocycles. The summed E-state index contributed by atoms with van der Waals surface area (Å²) in [4.78, 5) is 0. The Balaban J connectivity index is 1.40. The number of rotatable bonds is 3. The monoisotopic (exact) mass is 772 g/mol. The number of aryl methyl sites for hydroxylation is 4. The second-order valence-electron chi connectivity index (χ2n) is 15.6. The van der Waals surface area contributed by atoms with E-state index >= 15 is 0 Å². The summed E-state index contributed by atoms with van der Waals surface area (Å²) in [6.45, 7) is 12.1. The molecule has 2 heteroatoms. The zero-order chi connectivity index (χ0) is 31.2. The zero-order valence-corrected chi connectivity index (χ0v) is 32.9. The Labute approximate surface area is 277 Å². The molecule has 0 amide bonds. The second kappa shape index (κ2) is 10.7. The van der Waals surface area contributed by atoms with Crippen LogP contribution in [0, 0.1) is 27.7 Å². The van der Waals surface area contributed by atoms with Crippen LogP contribution in [0.15, 0.2) is 83.2 Å². The Morgan fingerprint density at radius 1 is 0.556 bits per heavy atom. The molecule has 0 nitrogen and oxygen atoms in total. The van der Waals surface area contributed by atoms with E-state index in [1.807, 2.05) is 10.4 Å². The van der Waals surface area contributed by atoms with E-state index in [1.54, 1.807) is 22.3 Å². The van der Waals surface area contributed by atoms with Crippen LogP contribution in [-0.2, 0) is 20.0 Å². The van der Waals surface area contributed by atoms with Gasteiger partial charge in [-0.3, -0.25) is 0 Å². The molecule has 4 aromatic rings. The van der Waals surface area contributed by atoms with Crippen LogP contribution >= 0.6 is 0 Å². The summed E-state index contributed by atoms with van der Waals surface area (Å²) in [5.41, 5.74) is 18.9. The van der Waals surface area contributed by atoms with Gasteiger partial charge in [0.15, 0.2) is 0 Å². The maximum absolute atomic E-state index is 3.10. The van der Waals surface area contributed by atoms with Gasteiger partial charge in [0.1, 0.15) is 0 Å². The molecule has 0 bridgehead atoms. The summed E-state index contributed by atoms with van der Waals surface area (Å²) in [7, 11) is -2.00. The molecule has 8 rings (SSSR count). The van der Waals surface area contributed by atoms with Gasteiger partial charge in [-0.05, 0) is 0 Å². The number of allylic oxidation sites excluding steroid dienone is 2. The van der Waals surface area contributed by atoms with Crippen LogP contribution in [0.4, 0.5) is 0 Å². The third kappa shape index (κ3) is 4.23. The van der Waals surface area contributed by atoms with E-state index in [2.05, 4.69) is 129 Å². The molecule has 0 radical (unpaired) electrons. The summed E-state index contributed by atoms with van der Waals surface area (Å²) in [5.74, 6) is 0. The fourth-order valence-electron chi connectivity index (χ4n) is 10.7. The van der Waals surface area contributed by atoms with Gasteiger partial charge in [-0.25, -0.2) is 0 Å². The second-order valence-corrected chi connectivity index (χ2v) is 37.2. The van der Waals surface area contributed by atoms with Crippen LogP contribution in [-0.4, -0.2) is 8.07 Å². The van der Waals surface area contributed by atoms with Crippen LogP contribution in [0.1, 0.15) is 84.0 Å². The van der Waals surface area contributed by atoms with E-state index in [1.165, 1.54) is 76.6 Å². The molecule has 3 aliphatic carbocycles. The molecule has 45 heavy (non-hydrogen) atoms. The van der Waals surface area contributed by atoms with E-state index in [0.717, 1.165) is 5.54 Å². The van der Waals surface area contributed by atoms with E-state index in [0.29, 0.717) is 7.35 Å². The first kappa shape index (κ1) is 29.8. The summed E-state index contributed by atoms with van der Waals surface area (Å²) in [5, 5.41) is 3.86. The van der Waals surface area contributed by atoms with Crippen LogP contribution in [0.5, 0.6) is 0 Å². The van der Waals surface area contributed by atoms with Crippen molar-refractivity contribution in [2.75, 3.05) is 0 Å². The van der Waals surface area contributed by atoms with Crippen molar-refractivity contribution in [3.63, 3.8) is 0 Å². The molecule has 0 N–H and O–H groups in total. The summed E-state index contributed by atoms with van der Waals surface area (Å²) in [6, 6.07) is 28.4. The Kier molecular flexibility index (Phi) is 7.12. The fourth-order valence-corrected chi connectivity index (χ4v) is 43.6. The Morgan fingerprint density at radius 3 is 1.38 bits per heavy atom. The van der Waals surface area contributed by atoms with Crippen LogP contribution in [0.25, 0.3) is 34.4 Å². The molecule has 228 valence electrons. The topological polar surface area (TPSA) is 0 Å². The van der Waals surface area contributed by atoms with Gasteiger partial charge < -0.3 is 0 Å². The SMILES string of the molecule is Cc1cccc(C)c1-c1cccc2c1C=C1[CH]2[Hf]([CH3])([CH3])[CH]2C(=Cc3c(-c4c(C)cccc4C)cccc32)[Si]1(C)C1CCCCC1. The van der Waals surface area contributed by atoms with Crippen LogP contribution in [0.2, 0.25) is 21.4 Å². The van der Waals surface area contributed by atoms with Gasteiger partial charge in [0, 0.05) is 0 Å². The van der Waals surface area contributed by atoms with Gasteiger partial charge in [0.2, 0.25) is 0 Å². The Morgan fingerprint density at radius 2 is 0.956 bits per heavy atom. The van der Waals surface area contributed by atoms with Crippen LogP contribution < -0.4 is 0 Å². The van der Waals surface area contributed by atoms with Gasteiger partial charge in [0.05, 0.1) is 0 Å². The minimum atomic E-state index is -3.10. The Hall–Kier alpha value is -2.55. The maximum atomic E-state index is 2.85. The molecule has 2 fully saturated rings.